The van der Waals surface area contributed by atoms with E-state index in [0.29, 0.717) is 13.1 Å². The number of nitrogens with one attached hydrogen (secondary N) is 2. The van der Waals surface area contributed by atoms with Crippen LogP contribution in [0.15, 0.2) is 35.7 Å². The summed E-state index contributed by atoms with van der Waals surface area (Å²) >= 11 is 1.64. The van der Waals surface area contributed by atoms with Crippen LogP contribution in [0.3, 0.4) is 0 Å². The van der Waals surface area contributed by atoms with Gasteiger partial charge in [0.1, 0.15) is 12.6 Å². The summed E-state index contributed by atoms with van der Waals surface area (Å²) in [4.78, 5) is 30.8. The highest BCUT2D eigenvalue weighted by molar-refractivity contribution is 7.13. The molecular formula is C21H26N4O3S. The van der Waals surface area contributed by atoms with E-state index in [1.54, 1.807) is 11.3 Å². The molecule has 0 spiro atoms. The van der Waals surface area contributed by atoms with E-state index in [0.717, 1.165) is 36.6 Å². The normalized spacial score (nSPS) is 20.8. The molecule has 1 aromatic carbocycles. The lowest BCUT2D eigenvalue weighted by molar-refractivity contribution is -0.134. The minimum Gasteiger partial charge on any atom is -0.447 e. The fourth-order valence-electron chi connectivity index (χ4n) is 4.10. The van der Waals surface area contributed by atoms with E-state index in [9.17, 15) is 9.59 Å². The number of cyclic esters (lactones) is 1. The molecule has 2 saturated heterocycles. The summed E-state index contributed by atoms with van der Waals surface area (Å²) in [7, 11) is 0. The van der Waals surface area contributed by atoms with Gasteiger partial charge < -0.3 is 20.3 Å². The van der Waals surface area contributed by atoms with Gasteiger partial charge in [-0.2, -0.15) is 0 Å². The summed E-state index contributed by atoms with van der Waals surface area (Å²) < 4.78 is 4.88. The number of hydrogen-bond donors (Lipinski definition) is 2. The number of benzene rings is 1. The second-order valence-corrected chi connectivity index (χ2v) is 8.39. The Morgan fingerprint density at radius 3 is 2.76 bits per heavy atom. The molecule has 1 aromatic heterocycles. The highest BCUT2D eigenvalue weighted by Crippen LogP contribution is 2.42. The van der Waals surface area contributed by atoms with Crippen molar-refractivity contribution in [3.8, 4) is 0 Å². The molecule has 2 aromatic rings. The van der Waals surface area contributed by atoms with Gasteiger partial charge in [-0.05, 0) is 24.8 Å². The third-order valence-corrected chi connectivity index (χ3v) is 6.55. The minimum atomic E-state index is -0.573. The lowest BCUT2D eigenvalue weighted by atomic mass is 9.70. The molecule has 1 atom stereocenters. The van der Waals surface area contributed by atoms with Crippen molar-refractivity contribution in [1.29, 1.82) is 0 Å². The topological polar surface area (TPSA) is 83.6 Å². The van der Waals surface area contributed by atoms with Crippen LogP contribution >= 0.6 is 11.3 Å². The Bertz CT molecular complexity index is 862. The number of hydrogen-bond acceptors (Lipinski definition) is 6. The molecular weight excluding hydrogens is 388 g/mol. The summed E-state index contributed by atoms with van der Waals surface area (Å²) in [6, 6.07) is 9.87. The van der Waals surface area contributed by atoms with Crippen LogP contribution in [0, 0.1) is 0 Å². The van der Waals surface area contributed by atoms with Crippen molar-refractivity contribution in [3.63, 3.8) is 0 Å². The van der Waals surface area contributed by atoms with Crippen LogP contribution in [-0.4, -0.2) is 54.2 Å². The zero-order chi connectivity index (χ0) is 20.3. The van der Waals surface area contributed by atoms with Crippen molar-refractivity contribution in [2.75, 3.05) is 31.6 Å². The quantitative estimate of drug-likeness (QED) is 0.759. The van der Waals surface area contributed by atoms with Crippen molar-refractivity contribution >= 4 is 28.5 Å². The van der Waals surface area contributed by atoms with Gasteiger partial charge >= 0.3 is 6.09 Å². The van der Waals surface area contributed by atoms with Crippen LogP contribution in [0.25, 0.3) is 0 Å². The van der Waals surface area contributed by atoms with E-state index >= 15 is 0 Å². The number of ether oxygens (including phenoxy) is 1. The van der Waals surface area contributed by atoms with Gasteiger partial charge in [0.05, 0.1) is 5.69 Å². The monoisotopic (exact) mass is 414 g/mol. The fraction of sp³-hybridized carbons (Fsp3) is 0.476. The fourth-order valence-corrected chi connectivity index (χ4v) is 4.94. The molecule has 8 heteroatoms. The predicted molar refractivity (Wildman–Crippen MR) is 112 cm³/mol. The molecule has 3 heterocycles. The van der Waals surface area contributed by atoms with Crippen molar-refractivity contribution < 1.29 is 14.3 Å². The number of piperidine rings is 1. The first kappa shape index (κ1) is 19.7. The Hall–Kier alpha value is -2.61. The first-order valence-corrected chi connectivity index (χ1v) is 11.0. The van der Waals surface area contributed by atoms with Gasteiger partial charge in [-0.1, -0.05) is 37.3 Å². The molecule has 0 aliphatic carbocycles. The number of thiazole rings is 1. The first-order chi connectivity index (χ1) is 14.1. The van der Waals surface area contributed by atoms with Crippen LogP contribution in [-0.2, 0) is 14.9 Å². The van der Waals surface area contributed by atoms with E-state index in [1.165, 1.54) is 5.56 Å². The Morgan fingerprint density at radius 2 is 2.10 bits per heavy atom. The first-order valence-electron chi connectivity index (χ1n) is 10.1. The van der Waals surface area contributed by atoms with E-state index in [-0.39, 0.29) is 17.9 Å². The van der Waals surface area contributed by atoms with Gasteiger partial charge in [0.2, 0.25) is 5.91 Å². The maximum absolute atomic E-state index is 12.8. The standard InChI is InChI=1S/C21H26N4O3S/c1-2-10-22-19-24-17(14-29-19)21(15-6-4-3-5-7-15)8-11-25(12-9-21)18(26)16-13-28-20(27)23-16/h3-7,14,16H,2,8-13H2,1H3,(H,22,24)(H,23,27)/t16-/m0/s1. The Kier molecular flexibility index (Phi) is 5.71. The van der Waals surface area contributed by atoms with E-state index < -0.39 is 12.1 Å². The molecule has 4 rings (SSSR count). The Morgan fingerprint density at radius 1 is 1.34 bits per heavy atom. The summed E-state index contributed by atoms with van der Waals surface area (Å²) in [6.45, 7) is 4.39. The Labute approximate surface area is 174 Å². The summed E-state index contributed by atoms with van der Waals surface area (Å²) in [5.41, 5.74) is 2.09. The van der Waals surface area contributed by atoms with Crippen LogP contribution in [0.4, 0.5) is 9.93 Å². The second kappa shape index (κ2) is 8.41. The largest absolute Gasteiger partial charge is 0.447 e. The number of nitrogens with zero attached hydrogens (tertiary/aromatic N) is 2. The van der Waals surface area contributed by atoms with Crippen molar-refractivity contribution in [3.05, 3.63) is 47.0 Å². The Balaban J connectivity index is 1.55. The lowest BCUT2D eigenvalue weighted by Crippen LogP contribution is -2.51. The molecule has 7 nitrogen and oxygen atoms in total. The van der Waals surface area contributed by atoms with Gasteiger partial charge in [-0.25, -0.2) is 9.78 Å². The lowest BCUT2D eigenvalue weighted by Gasteiger charge is -2.42. The molecule has 154 valence electrons. The zero-order valence-electron chi connectivity index (χ0n) is 16.5. The van der Waals surface area contributed by atoms with Gasteiger partial charge in [0, 0.05) is 30.4 Å². The van der Waals surface area contributed by atoms with E-state index in [1.807, 2.05) is 11.0 Å². The van der Waals surface area contributed by atoms with E-state index in [2.05, 4.69) is 47.2 Å². The van der Waals surface area contributed by atoms with Crippen LogP contribution < -0.4 is 10.6 Å². The maximum Gasteiger partial charge on any atom is 0.407 e. The molecule has 0 unspecified atom stereocenters. The molecule has 2 amide bonds. The zero-order valence-corrected chi connectivity index (χ0v) is 17.3. The highest BCUT2D eigenvalue weighted by Gasteiger charge is 2.42. The number of rotatable bonds is 6. The maximum atomic E-state index is 12.8. The number of anilines is 1. The minimum absolute atomic E-state index is 0.0684. The van der Waals surface area contributed by atoms with Gasteiger partial charge in [0.25, 0.3) is 0 Å². The summed E-state index contributed by atoms with van der Waals surface area (Å²) in [6.07, 6.45) is 2.12. The molecule has 2 N–H and O–H groups in total. The van der Waals surface area contributed by atoms with Crippen LogP contribution in [0.2, 0.25) is 0 Å². The number of alkyl carbamates (subject to hydrolysis) is 1. The highest BCUT2D eigenvalue weighted by atomic mass is 32.1. The SMILES string of the molecule is CCCNc1nc(C2(c3ccccc3)CCN(C(=O)[C@@H]3COC(=O)N3)CC2)cs1. The van der Waals surface area contributed by atoms with Crippen molar-refractivity contribution in [2.45, 2.75) is 37.6 Å². The van der Waals surface area contributed by atoms with Gasteiger partial charge in [-0.3, -0.25) is 4.79 Å². The third kappa shape index (κ3) is 3.94. The summed E-state index contributed by atoms with van der Waals surface area (Å²) in [5, 5.41) is 9.06. The number of amides is 2. The predicted octanol–water partition coefficient (Wildman–Crippen LogP) is 2.98. The number of carbonyl (C=O) groups excluding carboxylic acids is 2. The molecule has 0 radical (unpaired) electrons. The molecule has 2 aliphatic heterocycles. The smallest absolute Gasteiger partial charge is 0.407 e. The van der Waals surface area contributed by atoms with Crippen LogP contribution in [0.5, 0.6) is 0 Å². The van der Waals surface area contributed by atoms with E-state index in [4.69, 9.17) is 9.72 Å². The number of likely N-dealkylation sites (tertiary alicyclic amines) is 1. The van der Waals surface area contributed by atoms with Gasteiger partial charge in [-0.15, -0.1) is 11.3 Å². The molecule has 2 aliphatic rings. The van der Waals surface area contributed by atoms with Gasteiger partial charge in [0.15, 0.2) is 5.13 Å². The number of carbonyl (C=O) groups is 2. The second-order valence-electron chi connectivity index (χ2n) is 7.53. The molecule has 29 heavy (non-hydrogen) atoms. The van der Waals surface area contributed by atoms with Crippen molar-refractivity contribution in [2.24, 2.45) is 0 Å². The average Bonchev–Trinajstić information content (AvgIpc) is 3.42. The number of aromatic nitrogens is 1. The van der Waals surface area contributed by atoms with Crippen LogP contribution in [0.1, 0.15) is 37.4 Å². The molecule has 0 bridgehead atoms. The summed E-state index contributed by atoms with van der Waals surface area (Å²) in [5.74, 6) is -0.0684. The molecule has 2 fully saturated rings. The molecule has 0 saturated carbocycles. The van der Waals surface area contributed by atoms with Crippen molar-refractivity contribution in [1.82, 2.24) is 15.2 Å². The third-order valence-electron chi connectivity index (χ3n) is 5.75. The average molecular weight is 415 g/mol.